The molecule has 0 aliphatic carbocycles. The molecule has 0 amide bonds. The van der Waals surface area contributed by atoms with E-state index in [1.54, 1.807) is 18.9 Å². The first-order valence-electron chi connectivity index (χ1n) is 9.65. The SMILES string of the molecule is COc1ccc(-c2nnc(SC(C)c3ccccc3)n2CC2CCCO2)cc1. The topological polar surface area (TPSA) is 49.2 Å². The van der Waals surface area contributed by atoms with Crippen molar-refractivity contribution >= 4 is 11.8 Å². The third-order valence-electron chi connectivity index (χ3n) is 5.03. The first kappa shape index (κ1) is 19.0. The number of benzene rings is 2. The molecule has 0 radical (unpaired) electrons. The molecule has 0 saturated carbocycles. The van der Waals surface area contributed by atoms with Crippen LogP contribution in [-0.4, -0.2) is 34.6 Å². The Hall–Kier alpha value is -2.31. The summed E-state index contributed by atoms with van der Waals surface area (Å²) >= 11 is 1.74. The van der Waals surface area contributed by atoms with Crippen LogP contribution in [-0.2, 0) is 11.3 Å². The van der Waals surface area contributed by atoms with Crippen molar-refractivity contribution in [3.8, 4) is 17.1 Å². The minimum absolute atomic E-state index is 0.222. The second kappa shape index (κ2) is 8.80. The maximum atomic E-state index is 5.89. The average molecular weight is 396 g/mol. The summed E-state index contributed by atoms with van der Waals surface area (Å²) in [7, 11) is 1.68. The molecule has 1 aliphatic heterocycles. The molecule has 28 heavy (non-hydrogen) atoms. The van der Waals surface area contributed by atoms with Crippen molar-refractivity contribution < 1.29 is 9.47 Å². The Morgan fingerprint density at radius 3 is 2.61 bits per heavy atom. The van der Waals surface area contributed by atoms with Crippen LogP contribution < -0.4 is 4.74 Å². The fraction of sp³-hybridized carbons (Fsp3) is 0.364. The van der Waals surface area contributed by atoms with E-state index in [0.717, 1.165) is 48.3 Å². The molecule has 1 saturated heterocycles. The van der Waals surface area contributed by atoms with Crippen LogP contribution in [0.3, 0.4) is 0 Å². The van der Waals surface area contributed by atoms with E-state index in [2.05, 4.69) is 46.0 Å². The number of rotatable bonds is 7. The molecular weight excluding hydrogens is 370 g/mol. The van der Waals surface area contributed by atoms with E-state index >= 15 is 0 Å². The normalized spacial score (nSPS) is 17.6. The van der Waals surface area contributed by atoms with E-state index in [4.69, 9.17) is 9.47 Å². The number of thioether (sulfide) groups is 1. The van der Waals surface area contributed by atoms with E-state index in [-0.39, 0.29) is 11.4 Å². The maximum absolute atomic E-state index is 5.89. The summed E-state index contributed by atoms with van der Waals surface area (Å²) in [5, 5.41) is 10.3. The maximum Gasteiger partial charge on any atom is 0.192 e. The Morgan fingerprint density at radius 2 is 1.93 bits per heavy atom. The molecule has 1 aliphatic rings. The molecule has 6 heteroatoms. The van der Waals surface area contributed by atoms with Gasteiger partial charge in [0, 0.05) is 17.4 Å². The van der Waals surface area contributed by atoms with Crippen LogP contribution in [0.5, 0.6) is 5.75 Å². The van der Waals surface area contributed by atoms with Crippen LogP contribution in [0.2, 0.25) is 0 Å². The monoisotopic (exact) mass is 395 g/mol. The van der Waals surface area contributed by atoms with Gasteiger partial charge in [-0.2, -0.15) is 0 Å². The molecule has 5 nitrogen and oxygen atoms in total. The van der Waals surface area contributed by atoms with Crippen LogP contribution in [0.1, 0.15) is 30.6 Å². The Bertz CT molecular complexity index is 890. The van der Waals surface area contributed by atoms with E-state index in [1.165, 1.54) is 5.56 Å². The summed E-state index contributed by atoms with van der Waals surface area (Å²) in [6.07, 6.45) is 2.42. The molecule has 2 unspecified atom stereocenters. The van der Waals surface area contributed by atoms with Crippen LogP contribution in [0.25, 0.3) is 11.4 Å². The van der Waals surface area contributed by atoms with Crippen molar-refractivity contribution in [1.29, 1.82) is 0 Å². The van der Waals surface area contributed by atoms with Crippen molar-refractivity contribution in [3.05, 3.63) is 60.2 Å². The van der Waals surface area contributed by atoms with Gasteiger partial charge in [-0.05, 0) is 49.6 Å². The molecule has 2 atom stereocenters. The Kier molecular flexibility index (Phi) is 5.98. The summed E-state index contributed by atoms with van der Waals surface area (Å²) in [5.74, 6) is 1.71. The zero-order valence-electron chi connectivity index (χ0n) is 16.2. The highest BCUT2D eigenvalue weighted by Gasteiger charge is 2.23. The third-order valence-corrected chi connectivity index (χ3v) is 6.17. The second-order valence-electron chi connectivity index (χ2n) is 6.95. The van der Waals surface area contributed by atoms with Crippen LogP contribution >= 0.6 is 11.8 Å². The predicted molar refractivity (Wildman–Crippen MR) is 112 cm³/mol. The summed E-state index contributed by atoms with van der Waals surface area (Å²) in [4.78, 5) is 0. The highest BCUT2D eigenvalue weighted by atomic mass is 32.2. The number of hydrogen-bond acceptors (Lipinski definition) is 5. The lowest BCUT2D eigenvalue weighted by Crippen LogP contribution is -2.16. The fourth-order valence-corrected chi connectivity index (χ4v) is 4.42. The Labute approximate surface area is 170 Å². The van der Waals surface area contributed by atoms with Gasteiger partial charge in [-0.25, -0.2) is 0 Å². The predicted octanol–water partition coefficient (Wildman–Crippen LogP) is 4.99. The Balaban J connectivity index is 1.64. The molecule has 2 aromatic carbocycles. The lowest BCUT2D eigenvalue weighted by atomic mass is 10.2. The van der Waals surface area contributed by atoms with Crippen molar-refractivity contribution in [1.82, 2.24) is 14.8 Å². The number of ether oxygens (including phenoxy) is 2. The highest BCUT2D eigenvalue weighted by molar-refractivity contribution is 7.99. The quantitative estimate of drug-likeness (QED) is 0.528. The molecule has 146 valence electrons. The number of hydrogen-bond donors (Lipinski definition) is 0. The fourth-order valence-electron chi connectivity index (χ4n) is 3.44. The van der Waals surface area contributed by atoms with Crippen LogP contribution in [0, 0.1) is 0 Å². The smallest absolute Gasteiger partial charge is 0.192 e. The lowest BCUT2D eigenvalue weighted by molar-refractivity contribution is 0.0953. The van der Waals surface area contributed by atoms with Crippen molar-refractivity contribution in [2.45, 2.75) is 42.8 Å². The average Bonchev–Trinajstić information content (AvgIpc) is 3.40. The molecule has 3 aromatic rings. The van der Waals surface area contributed by atoms with Gasteiger partial charge >= 0.3 is 0 Å². The van der Waals surface area contributed by atoms with Gasteiger partial charge in [0.15, 0.2) is 11.0 Å². The molecule has 0 spiro atoms. The highest BCUT2D eigenvalue weighted by Crippen LogP contribution is 2.36. The summed E-state index contributed by atoms with van der Waals surface area (Å²) in [6.45, 7) is 3.82. The van der Waals surface area contributed by atoms with Crippen molar-refractivity contribution in [3.63, 3.8) is 0 Å². The first-order valence-corrected chi connectivity index (χ1v) is 10.5. The zero-order valence-corrected chi connectivity index (χ0v) is 17.1. The minimum Gasteiger partial charge on any atom is -0.497 e. The van der Waals surface area contributed by atoms with Gasteiger partial charge in [0.05, 0.1) is 19.8 Å². The summed E-state index contributed by atoms with van der Waals surface area (Å²) < 4.78 is 13.4. The third kappa shape index (κ3) is 4.23. The van der Waals surface area contributed by atoms with E-state index < -0.39 is 0 Å². The number of methoxy groups -OCH3 is 1. The zero-order chi connectivity index (χ0) is 19.3. The second-order valence-corrected chi connectivity index (χ2v) is 8.26. The molecule has 0 N–H and O–H groups in total. The van der Waals surface area contributed by atoms with Crippen LogP contribution in [0.15, 0.2) is 59.8 Å². The van der Waals surface area contributed by atoms with Crippen molar-refractivity contribution in [2.24, 2.45) is 0 Å². The van der Waals surface area contributed by atoms with Gasteiger partial charge in [0.25, 0.3) is 0 Å². The van der Waals surface area contributed by atoms with Crippen molar-refractivity contribution in [2.75, 3.05) is 13.7 Å². The molecule has 1 fully saturated rings. The van der Waals surface area contributed by atoms with Gasteiger partial charge in [0.2, 0.25) is 0 Å². The van der Waals surface area contributed by atoms with E-state index in [0.29, 0.717) is 0 Å². The van der Waals surface area contributed by atoms with E-state index in [1.807, 2.05) is 30.3 Å². The lowest BCUT2D eigenvalue weighted by Gasteiger charge is -2.17. The number of nitrogens with zero attached hydrogens (tertiary/aromatic N) is 3. The van der Waals surface area contributed by atoms with Gasteiger partial charge in [0.1, 0.15) is 5.75 Å². The number of aromatic nitrogens is 3. The molecular formula is C22H25N3O2S. The first-order chi connectivity index (χ1) is 13.7. The largest absolute Gasteiger partial charge is 0.497 e. The van der Waals surface area contributed by atoms with Gasteiger partial charge in [-0.15, -0.1) is 10.2 Å². The molecule has 1 aromatic heterocycles. The van der Waals surface area contributed by atoms with Gasteiger partial charge in [-0.3, -0.25) is 4.57 Å². The summed E-state index contributed by atoms with van der Waals surface area (Å²) in [6, 6.07) is 18.5. The minimum atomic E-state index is 0.222. The van der Waals surface area contributed by atoms with Gasteiger partial charge in [-0.1, -0.05) is 42.1 Å². The standard InChI is InChI=1S/C22H25N3O2S/c1-16(17-7-4-3-5-8-17)28-22-24-23-21(18-10-12-19(26-2)13-11-18)25(22)15-20-9-6-14-27-20/h3-5,7-8,10-13,16,20H,6,9,14-15H2,1-2H3. The van der Waals surface area contributed by atoms with Gasteiger partial charge < -0.3 is 9.47 Å². The summed E-state index contributed by atoms with van der Waals surface area (Å²) in [5.41, 5.74) is 2.32. The van der Waals surface area contributed by atoms with E-state index in [9.17, 15) is 0 Å². The molecule has 0 bridgehead atoms. The molecule has 4 rings (SSSR count). The Morgan fingerprint density at radius 1 is 1.14 bits per heavy atom. The molecule has 2 heterocycles. The van der Waals surface area contributed by atoms with Crippen LogP contribution in [0.4, 0.5) is 0 Å².